The summed E-state index contributed by atoms with van der Waals surface area (Å²) in [6.45, 7) is 9.86. The summed E-state index contributed by atoms with van der Waals surface area (Å²) in [5.74, 6) is 0.0439. The lowest BCUT2D eigenvalue weighted by atomic mass is 9.86. The van der Waals surface area contributed by atoms with E-state index in [0.29, 0.717) is 19.5 Å². The number of piperazine rings is 1. The molecule has 18 heavy (non-hydrogen) atoms. The van der Waals surface area contributed by atoms with Gasteiger partial charge in [0.2, 0.25) is 5.91 Å². The van der Waals surface area contributed by atoms with Crippen molar-refractivity contribution in [1.29, 1.82) is 5.26 Å². The second-order valence-electron chi connectivity index (χ2n) is 5.92. The molecule has 1 aliphatic heterocycles. The topological polar surface area (TPSA) is 73.4 Å². The third-order valence-corrected chi connectivity index (χ3v) is 3.42. The summed E-state index contributed by atoms with van der Waals surface area (Å²) in [5.41, 5.74) is 5.79. The zero-order chi connectivity index (χ0) is 13.8. The van der Waals surface area contributed by atoms with Gasteiger partial charge >= 0.3 is 0 Å². The smallest absolute Gasteiger partial charge is 0.240 e. The van der Waals surface area contributed by atoms with E-state index in [1.54, 1.807) is 0 Å². The number of nitrogens with two attached hydrogens (primary N) is 1. The normalized spacial score (nSPS) is 19.4. The van der Waals surface area contributed by atoms with Crippen LogP contribution in [0, 0.1) is 16.7 Å². The first-order chi connectivity index (χ1) is 8.36. The van der Waals surface area contributed by atoms with E-state index >= 15 is 0 Å². The molecule has 1 aliphatic rings. The number of carbonyl (C=O) groups is 1. The summed E-state index contributed by atoms with van der Waals surface area (Å²) in [5, 5.41) is 8.54. The molecule has 0 aromatic rings. The molecule has 0 bridgehead atoms. The van der Waals surface area contributed by atoms with Gasteiger partial charge in [-0.15, -0.1) is 0 Å². The SMILES string of the molecule is CC(C)(C)[C@@H](N)C(=O)N1CCN(CCC#N)CC1. The van der Waals surface area contributed by atoms with Crippen LogP contribution in [-0.4, -0.2) is 54.5 Å². The maximum atomic E-state index is 12.2. The fourth-order valence-electron chi connectivity index (χ4n) is 1.97. The molecule has 0 aromatic carbocycles. The molecule has 0 spiro atoms. The molecule has 0 radical (unpaired) electrons. The Kier molecular flexibility index (Phi) is 5.12. The zero-order valence-electron chi connectivity index (χ0n) is 11.6. The highest BCUT2D eigenvalue weighted by Crippen LogP contribution is 2.19. The van der Waals surface area contributed by atoms with Gasteiger partial charge in [-0.1, -0.05) is 20.8 Å². The Morgan fingerprint density at radius 3 is 2.33 bits per heavy atom. The van der Waals surface area contributed by atoms with Crippen molar-refractivity contribution in [1.82, 2.24) is 9.80 Å². The summed E-state index contributed by atoms with van der Waals surface area (Å²) in [7, 11) is 0. The van der Waals surface area contributed by atoms with Gasteiger partial charge in [0.05, 0.1) is 12.1 Å². The van der Waals surface area contributed by atoms with Crippen LogP contribution in [0.2, 0.25) is 0 Å². The lowest BCUT2D eigenvalue weighted by Gasteiger charge is -2.37. The molecule has 1 atom stereocenters. The first kappa shape index (κ1) is 14.9. The average molecular weight is 252 g/mol. The van der Waals surface area contributed by atoms with Crippen LogP contribution in [0.4, 0.5) is 0 Å². The van der Waals surface area contributed by atoms with Crippen LogP contribution in [0.5, 0.6) is 0 Å². The van der Waals surface area contributed by atoms with Gasteiger partial charge in [-0.25, -0.2) is 0 Å². The predicted molar refractivity (Wildman–Crippen MR) is 70.7 cm³/mol. The van der Waals surface area contributed by atoms with Crippen molar-refractivity contribution in [3.05, 3.63) is 0 Å². The second-order valence-corrected chi connectivity index (χ2v) is 5.92. The summed E-state index contributed by atoms with van der Waals surface area (Å²) in [4.78, 5) is 16.3. The first-order valence-corrected chi connectivity index (χ1v) is 6.50. The monoisotopic (exact) mass is 252 g/mol. The van der Waals surface area contributed by atoms with Gasteiger partial charge in [-0.05, 0) is 5.41 Å². The van der Waals surface area contributed by atoms with Crippen LogP contribution in [0.1, 0.15) is 27.2 Å². The van der Waals surface area contributed by atoms with Crippen LogP contribution in [0.3, 0.4) is 0 Å². The molecule has 102 valence electrons. The number of carbonyl (C=O) groups excluding carboxylic acids is 1. The van der Waals surface area contributed by atoms with Crippen LogP contribution in [-0.2, 0) is 4.79 Å². The van der Waals surface area contributed by atoms with Gasteiger partial charge in [0.15, 0.2) is 0 Å². The Labute approximate surface area is 110 Å². The third-order valence-electron chi connectivity index (χ3n) is 3.42. The van der Waals surface area contributed by atoms with Gasteiger partial charge in [0.25, 0.3) is 0 Å². The van der Waals surface area contributed by atoms with Gasteiger partial charge in [-0.3, -0.25) is 9.69 Å². The lowest BCUT2D eigenvalue weighted by Crippen LogP contribution is -2.56. The third kappa shape index (κ3) is 3.97. The van der Waals surface area contributed by atoms with E-state index in [1.165, 1.54) is 0 Å². The quantitative estimate of drug-likeness (QED) is 0.790. The molecule has 5 heteroatoms. The highest BCUT2D eigenvalue weighted by molar-refractivity contribution is 5.82. The van der Waals surface area contributed by atoms with Crippen LogP contribution >= 0.6 is 0 Å². The Bertz CT molecular complexity index is 321. The average Bonchev–Trinajstić information content (AvgIpc) is 2.34. The molecule has 1 saturated heterocycles. The Hall–Kier alpha value is -1.12. The number of rotatable bonds is 3. The molecule has 1 amide bonds. The van der Waals surface area contributed by atoms with E-state index in [4.69, 9.17) is 11.0 Å². The minimum Gasteiger partial charge on any atom is -0.339 e. The van der Waals surface area contributed by atoms with E-state index in [-0.39, 0.29) is 11.3 Å². The molecule has 1 rings (SSSR count). The molecule has 1 fully saturated rings. The van der Waals surface area contributed by atoms with Crippen molar-refractivity contribution < 1.29 is 4.79 Å². The minimum absolute atomic E-state index is 0.0439. The van der Waals surface area contributed by atoms with E-state index in [9.17, 15) is 4.79 Å². The van der Waals surface area contributed by atoms with Crippen LogP contribution in [0.15, 0.2) is 0 Å². The number of nitrogens with zero attached hydrogens (tertiary/aromatic N) is 3. The number of nitriles is 1. The maximum Gasteiger partial charge on any atom is 0.240 e. The van der Waals surface area contributed by atoms with Crippen LogP contribution in [0.25, 0.3) is 0 Å². The van der Waals surface area contributed by atoms with E-state index < -0.39 is 6.04 Å². The van der Waals surface area contributed by atoms with Crippen LogP contribution < -0.4 is 5.73 Å². The Balaban J connectivity index is 2.43. The summed E-state index contributed by atoms with van der Waals surface area (Å²) in [6.07, 6.45) is 0.551. The molecule has 1 heterocycles. The van der Waals surface area contributed by atoms with Crippen molar-refractivity contribution in [3.63, 3.8) is 0 Å². The Morgan fingerprint density at radius 2 is 1.89 bits per heavy atom. The number of hydrogen-bond donors (Lipinski definition) is 1. The summed E-state index contributed by atoms with van der Waals surface area (Å²) >= 11 is 0. The maximum absolute atomic E-state index is 12.2. The van der Waals surface area contributed by atoms with Crippen molar-refractivity contribution in [2.45, 2.75) is 33.2 Å². The molecule has 0 unspecified atom stereocenters. The van der Waals surface area contributed by atoms with E-state index in [0.717, 1.165) is 19.6 Å². The van der Waals surface area contributed by atoms with Gasteiger partial charge < -0.3 is 10.6 Å². The molecule has 2 N–H and O–H groups in total. The standard InChI is InChI=1S/C13H24N4O/c1-13(2,3)11(15)12(18)17-9-7-16(8-10-17)6-4-5-14/h11H,4,6-10,15H2,1-3H3/t11-/m0/s1. The highest BCUT2D eigenvalue weighted by atomic mass is 16.2. The Morgan fingerprint density at radius 1 is 1.33 bits per heavy atom. The number of hydrogen-bond acceptors (Lipinski definition) is 4. The fraction of sp³-hybridized carbons (Fsp3) is 0.846. The van der Waals surface area contributed by atoms with Crippen molar-refractivity contribution in [3.8, 4) is 6.07 Å². The molecular formula is C13H24N4O. The van der Waals surface area contributed by atoms with Gasteiger partial charge in [0.1, 0.15) is 0 Å². The highest BCUT2D eigenvalue weighted by Gasteiger charge is 2.32. The van der Waals surface area contributed by atoms with E-state index in [1.807, 2.05) is 25.7 Å². The molecule has 0 aliphatic carbocycles. The van der Waals surface area contributed by atoms with E-state index in [2.05, 4.69) is 11.0 Å². The van der Waals surface area contributed by atoms with Crippen molar-refractivity contribution >= 4 is 5.91 Å². The van der Waals surface area contributed by atoms with Crippen molar-refractivity contribution in [2.24, 2.45) is 11.1 Å². The second kappa shape index (κ2) is 6.17. The molecule has 0 saturated carbocycles. The largest absolute Gasteiger partial charge is 0.339 e. The van der Waals surface area contributed by atoms with Gasteiger partial charge in [-0.2, -0.15) is 5.26 Å². The summed E-state index contributed by atoms with van der Waals surface area (Å²) < 4.78 is 0. The first-order valence-electron chi connectivity index (χ1n) is 6.50. The molecule has 5 nitrogen and oxygen atoms in total. The number of amides is 1. The summed E-state index contributed by atoms with van der Waals surface area (Å²) in [6, 6.07) is 1.70. The molecular weight excluding hydrogens is 228 g/mol. The fourth-order valence-corrected chi connectivity index (χ4v) is 1.97. The van der Waals surface area contributed by atoms with Gasteiger partial charge in [0, 0.05) is 39.1 Å². The zero-order valence-corrected chi connectivity index (χ0v) is 11.6. The predicted octanol–water partition coefficient (Wildman–Crippen LogP) is 0.418. The lowest BCUT2D eigenvalue weighted by molar-refractivity contribution is -0.136. The van der Waals surface area contributed by atoms with Crippen molar-refractivity contribution in [2.75, 3.05) is 32.7 Å². The minimum atomic E-state index is -0.442. The molecule has 0 aromatic heterocycles.